The highest BCUT2D eigenvalue weighted by Crippen LogP contribution is 2.29. The molecule has 0 radical (unpaired) electrons. The lowest BCUT2D eigenvalue weighted by atomic mass is 10.3. The Bertz CT molecular complexity index is 818. The highest BCUT2D eigenvalue weighted by molar-refractivity contribution is 7.07. The van der Waals surface area contributed by atoms with Crippen molar-refractivity contribution >= 4 is 45.6 Å². The van der Waals surface area contributed by atoms with Gasteiger partial charge in [0.15, 0.2) is 0 Å². The maximum absolute atomic E-state index is 11.2. The van der Waals surface area contributed by atoms with E-state index in [1.807, 2.05) is 23.6 Å². The summed E-state index contributed by atoms with van der Waals surface area (Å²) in [5.41, 5.74) is 2.47. The first-order chi connectivity index (χ1) is 9.56. The Balaban J connectivity index is 2.18. The van der Waals surface area contributed by atoms with Gasteiger partial charge in [-0.3, -0.25) is 4.79 Å². The number of halogens is 2. The number of aromatic nitrogens is 3. The van der Waals surface area contributed by atoms with Crippen LogP contribution >= 0.6 is 34.5 Å². The molecule has 0 bridgehead atoms. The lowest BCUT2D eigenvalue weighted by Crippen LogP contribution is -2.07. The van der Waals surface area contributed by atoms with Gasteiger partial charge in [0.25, 0.3) is 0 Å². The lowest BCUT2D eigenvalue weighted by Gasteiger charge is -2.09. The Kier molecular flexibility index (Phi) is 3.58. The summed E-state index contributed by atoms with van der Waals surface area (Å²) >= 11 is 13.5. The molecule has 1 unspecified atom stereocenters. The number of aromatic amines is 1. The Morgan fingerprint density at radius 2 is 2.30 bits per heavy atom. The van der Waals surface area contributed by atoms with Gasteiger partial charge in [0, 0.05) is 11.1 Å². The summed E-state index contributed by atoms with van der Waals surface area (Å²) < 4.78 is 1.98. The van der Waals surface area contributed by atoms with Crippen LogP contribution in [0.25, 0.3) is 11.0 Å². The summed E-state index contributed by atoms with van der Waals surface area (Å²) in [6.45, 7) is 2.38. The molecule has 0 amide bonds. The van der Waals surface area contributed by atoms with Crippen molar-refractivity contribution in [1.29, 1.82) is 0 Å². The quantitative estimate of drug-likeness (QED) is 0.744. The number of imidazole rings is 1. The average molecular weight is 328 g/mol. The first-order valence-electron chi connectivity index (χ1n) is 6.01. The van der Waals surface area contributed by atoms with E-state index in [4.69, 9.17) is 23.2 Å². The van der Waals surface area contributed by atoms with Crippen LogP contribution in [0.4, 0.5) is 0 Å². The number of nitrogens with zero attached hydrogens (tertiary/aromatic N) is 2. The Hall–Kier alpha value is -1.30. The molecule has 0 spiro atoms. The fourth-order valence-electron chi connectivity index (χ4n) is 2.16. The van der Waals surface area contributed by atoms with Gasteiger partial charge in [-0.25, -0.2) is 4.98 Å². The Morgan fingerprint density at radius 3 is 2.95 bits per heavy atom. The third kappa shape index (κ3) is 2.37. The Morgan fingerprint density at radius 1 is 1.50 bits per heavy atom. The van der Waals surface area contributed by atoms with Crippen LogP contribution in [0.2, 0.25) is 5.02 Å². The topological polar surface area (TPSA) is 50.7 Å². The molecule has 4 nitrogen and oxygen atoms in total. The molecule has 3 rings (SSSR count). The minimum atomic E-state index is -0.246. The molecule has 0 aliphatic carbocycles. The monoisotopic (exact) mass is 327 g/mol. The van der Waals surface area contributed by atoms with Gasteiger partial charge in [-0.15, -0.1) is 11.6 Å². The molecule has 0 fully saturated rings. The zero-order valence-electron chi connectivity index (χ0n) is 10.6. The third-order valence-corrected chi connectivity index (χ3v) is 4.23. The largest absolute Gasteiger partial charge is 0.321 e. The van der Waals surface area contributed by atoms with Crippen molar-refractivity contribution in [3.8, 4) is 0 Å². The lowest BCUT2D eigenvalue weighted by molar-refractivity contribution is 0.729. The Labute approximate surface area is 129 Å². The maximum Gasteiger partial charge on any atom is 0.304 e. The second-order valence-corrected chi connectivity index (χ2v) is 6.36. The molecular weight excluding hydrogens is 317 g/mol. The molecule has 0 saturated heterocycles. The summed E-state index contributed by atoms with van der Waals surface area (Å²) in [5.74, 6) is 0.738. The van der Waals surface area contributed by atoms with Crippen LogP contribution in [0.3, 0.4) is 0 Å². The molecule has 20 heavy (non-hydrogen) atoms. The van der Waals surface area contributed by atoms with Crippen LogP contribution in [0, 0.1) is 0 Å². The molecule has 2 aromatic heterocycles. The summed E-state index contributed by atoms with van der Waals surface area (Å²) in [6.07, 6.45) is 0. The second kappa shape index (κ2) is 5.24. The van der Waals surface area contributed by atoms with E-state index in [9.17, 15) is 4.79 Å². The standard InChI is InChI=1S/C13H11Cl2N3OS/c1-7(14)12-17-11-9(15)3-2-4-10(11)18(12)5-8-6-20-13(19)16-8/h2-4,6-7H,5H2,1H3,(H,16,19). The molecule has 0 aliphatic rings. The van der Waals surface area contributed by atoms with Crippen LogP contribution in [0.15, 0.2) is 28.4 Å². The number of fused-ring (bicyclic) bond motifs is 1. The number of nitrogens with one attached hydrogen (secondary N) is 1. The van der Waals surface area contributed by atoms with Crippen molar-refractivity contribution in [3.05, 3.63) is 49.8 Å². The van der Waals surface area contributed by atoms with Crippen molar-refractivity contribution in [1.82, 2.24) is 14.5 Å². The van der Waals surface area contributed by atoms with Crippen LogP contribution in [0.1, 0.15) is 23.8 Å². The van der Waals surface area contributed by atoms with Gasteiger partial charge in [-0.1, -0.05) is 29.0 Å². The number of alkyl halides is 1. The normalized spacial score (nSPS) is 12.9. The molecule has 1 aromatic carbocycles. The number of hydrogen-bond donors (Lipinski definition) is 1. The van der Waals surface area contributed by atoms with E-state index in [0.717, 1.165) is 33.9 Å². The van der Waals surface area contributed by atoms with Gasteiger partial charge in [0.1, 0.15) is 11.3 Å². The molecule has 1 atom stereocenters. The molecule has 3 aromatic rings. The highest BCUT2D eigenvalue weighted by atomic mass is 35.5. The predicted octanol–water partition coefficient (Wildman–Crippen LogP) is 3.79. The molecule has 7 heteroatoms. The third-order valence-electron chi connectivity index (χ3n) is 3.01. The predicted molar refractivity (Wildman–Crippen MR) is 83.1 cm³/mol. The number of para-hydroxylation sites is 1. The molecule has 0 aliphatic heterocycles. The SMILES string of the molecule is CC(Cl)c1nc2c(Cl)cccc2n1Cc1csc(=O)[nH]1. The molecule has 0 saturated carbocycles. The highest BCUT2D eigenvalue weighted by Gasteiger charge is 2.17. The molecule has 1 N–H and O–H groups in total. The summed E-state index contributed by atoms with van der Waals surface area (Å²) in [4.78, 5) is 18.5. The number of rotatable bonds is 3. The number of benzene rings is 1. The minimum Gasteiger partial charge on any atom is -0.321 e. The van der Waals surface area contributed by atoms with Crippen molar-refractivity contribution in [2.75, 3.05) is 0 Å². The van der Waals surface area contributed by atoms with Crippen LogP contribution < -0.4 is 4.87 Å². The zero-order chi connectivity index (χ0) is 14.3. The van der Waals surface area contributed by atoms with Crippen molar-refractivity contribution < 1.29 is 0 Å². The summed E-state index contributed by atoms with van der Waals surface area (Å²) in [7, 11) is 0. The van der Waals surface area contributed by atoms with E-state index in [1.165, 1.54) is 0 Å². The van der Waals surface area contributed by atoms with Crippen molar-refractivity contribution in [2.45, 2.75) is 18.8 Å². The van der Waals surface area contributed by atoms with Gasteiger partial charge in [0.2, 0.25) is 0 Å². The van der Waals surface area contributed by atoms with Gasteiger partial charge in [-0.2, -0.15) is 0 Å². The number of thiazole rings is 1. The first kappa shape index (κ1) is 13.7. The fraction of sp³-hybridized carbons (Fsp3) is 0.231. The number of hydrogen-bond acceptors (Lipinski definition) is 3. The van der Waals surface area contributed by atoms with E-state index < -0.39 is 0 Å². The maximum atomic E-state index is 11.2. The molecule has 2 heterocycles. The van der Waals surface area contributed by atoms with Gasteiger partial charge < -0.3 is 9.55 Å². The van der Waals surface area contributed by atoms with Gasteiger partial charge in [0.05, 0.1) is 22.5 Å². The minimum absolute atomic E-state index is 0.0667. The summed E-state index contributed by atoms with van der Waals surface area (Å²) in [6, 6.07) is 5.62. The van der Waals surface area contributed by atoms with E-state index in [-0.39, 0.29) is 10.3 Å². The summed E-state index contributed by atoms with van der Waals surface area (Å²) in [5, 5.41) is 2.16. The fourth-order valence-corrected chi connectivity index (χ4v) is 3.11. The first-order valence-corrected chi connectivity index (χ1v) is 7.71. The van der Waals surface area contributed by atoms with Gasteiger partial charge in [-0.05, 0) is 19.1 Å². The molecular formula is C13H11Cl2N3OS. The van der Waals surface area contributed by atoms with Crippen molar-refractivity contribution in [2.24, 2.45) is 0 Å². The van der Waals surface area contributed by atoms with E-state index >= 15 is 0 Å². The van der Waals surface area contributed by atoms with Gasteiger partial charge >= 0.3 is 4.87 Å². The smallest absolute Gasteiger partial charge is 0.304 e. The molecule has 104 valence electrons. The number of H-pyrrole nitrogens is 1. The second-order valence-electron chi connectivity index (χ2n) is 4.45. The average Bonchev–Trinajstić information content (AvgIpc) is 2.96. The van der Waals surface area contributed by atoms with Crippen molar-refractivity contribution in [3.63, 3.8) is 0 Å². The van der Waals surface area contributed by atoms with E-state index in [0.29, 0.717) is 11.6 Å². The van der Waals surface area contributed by atoms with E-state index in [1.54, 1.807) is 11.4 Å². The van der Waals surface area contributed by atoms with Crippen LogP contribution in [-0.2, 0) is 6.54 Å². The van der Waals surface area contributed by atoms with Crippen LogP contribution in [0.5, 0.6) is 0 Å². The van der Waals surface area contributed by atoms with Crippen LogP contribution in [-0.4, -0.2) is 14.5 Å². The zero-order valence-corrected chi connectivity index (χ0v) is 12.9. The van der Waals surface area contributed by atoms with E-state index in [2.05, 4.69) is 9.97 Å².